The maximum Gasteiger partial charge on any atom is 0.355 e. The van der Waals surface area contributed by atoms with Crippen LogP contribution in [0.4, 0.5) is 0 Å². The Kier molecular flexibility index (Phi) is 6.93. The van der Waals surface area contributed by atoms with E-state index >= 15 is 0 Å². The van der Waals surface area contributed by atoms with Crippen LogP contribution >= 0.6 is 34.5 Å². The van der Waals surface area contributed by atoms with Crippen molar-refractivity contribution in [2.45, 2.75) is 0 Å². The minimum Gasteiger partial charge on any atom is -0.497 e. The van der Waals surface area contributed by atoms with Gasteiger partial charge in [0, 0.05) is 20.7 Å². The van der Waals surface area contributed by atoms with Crippen molar-refractivity contribution < 1.29 is 19.1 Å². The lowest BCUT2D eigenvalue weighted by Gasteiger charge is -2.03. The molecule has 4 rings (SSSR count). The number of amides is 1. The molecule has 3 aromatic carbocycles. The van der Waals surface area contributed by atoms with Gasteiger partial charge in [0.25, 0.3) is 5.91 Å². The summed E-state index contributed by atoms with van der Waals surface area (Å²) in [6.07, 6.45) is 1.48. The first-order valence-electron chi connectivity index (χ1n) is 9.62. The van der Waals surface area contributed by atoms with E-state index in [-0.39, 0.29) is 5.91 Å². The maximum absolute atomic E-state index is 12.6. The highest BCUT2D eigenvalue weighted by Gasteiger charge is 2.19. The summed E-state index contributed by atoms with van der Waals surface area (Å²) in [4.78, 5) is 25.0. The van der Waals surface area contributed by atoms with Gasteiger partial charge < -0.3 is 9.47 Å². The average molecular weight is 499 g/mol. The van der Waals surface area contributed by atoms with Crippen LogP contribution in [0.5, 0.6) is 11.5 Å². The van der Waals surface area contributed by atoms with Crippen molar-refractivity contribution >= 4 is 62.7 Å². The van der Waals surface area contributed by atoms with Gasteiger partial charge in [0.2, 0.25) is 0 Å². The number of hydrazone groups is 1. The second kappa shape index (κ2) is 10.0. The van der Waals surface area contributed by atoms with Gasteiger partial charge in [-0.3, -0.25) is 4.79 Å². The van der Waals surface area contributed by atoms with Crippen molar-refractivity contribution in [3.8, 4) is 11.5 Å². The summed E-state index contributed by atoms with van der Waals surface area (Å²) in [5.41, 5.74) is 3.59. The normalized spacial score (nSPS) is 11.0. The molecule has 0 spiro atoms. The highest BCUT2D eigenvalue weighted by molar-refractivity contribution is 7.21. The number of halogens is 2. The SMILES string of the molecule is COc1ccc2c(Cl)c(C(=O)Oc3ccc(/C=N\NC(=O)c4ccc(Cl)cc4)cc3)sc2c1. The number of nitrogens with one attached hydrogen (secondary N) is 1. The number of esters is 1. The van der Waals surface area contributed by atoms with E-state index in [0.29, 0.717) is 37.5 Å². The number of benzene rings is 3. The van der Waals surface area contributed by atoms with E-state index in [2.05, 4.69) is 10.5 Å². The smallest absolute Gasteiger partial charge is 0.355 e. The zero-order valence-electron chi connectivity index (χ0n) is 17.2. The van der Waals surface area contributed by atoms with Crippen LogP contribution in [0.15, 0.2) is 71.8 Å². The standard InChI is InChI=1S/C24H16Cl2N2O4S/c1-31-18-10-11-19-20(12-18)33-22(21(19)26)24(30)32-17-8-2-14(3-9-17)13-27-28-23(29)15-4-6-16(25)7-5-15/h2-13H,1H3,(H,28,29)/b27-13-. The Bertz CT molecular complexity index is 1350. The van der Waals surface area contributed by atoms with Crippen molar-refractivity contribution in [1.29, 1.82) is 0 Å². The topological polar surface area (TPSA) is 77.0 Å². The first-order chi connectivity index (χ1) is 15.9. The van der Waals surface area contributed by atoms with Crippen LogP contribution in [0.3, 0.4) is 0 Å². The molecule has 0 radical (unpaired) electrons. The third-order valence-electron chi connectivity index (χ3n) is 4.60. The molecule has 0 saturated carbocycles. The van der Waals surface area contributed by atoms with E-state index in [1.807, 2.05) is 12.1 Å². The van der Waals surface area contributed by atoms with Gasteiger partial charge in [-0.1, -0.05) is 23.2 Å². The van der Waals surface area contributed by atoms with Gasteiger partial charge in [-0.2, -0.15) is 5.10 Å². The van der Waals surface area contributed by atoms with Gasteiger partial charge in [0.1, 0.15) is 16.4 Å². The fourth-order valence-electron chi connectivity index (χ4n) is 2.91. The minimum absolute atomic E-state index is 0.315. The van der Waals surface area contributed by atoms with Crippen LogP contribution < -0.4 is 14.9 Å². The summed E-state index contributed by atoms with van der Waals surface area (Å²) in [7, 11) is 1.58. The molecule has 0 aliphatic carbocycles. The Hall–Kier alpha value is -3.39. The van der Waals surface area contributed by atoms with Gasteiger partial charge in [0.15, 0.2) is 0 Å². The Morgan fingerprint density at radius 1 is 0.970 bits per heavy atom. The van der Waals surface area contributed by atoms with Crippen molar-refractivity contribution in [3.05, 3.63) is 92.8 Å². The molecule has 0 atom stereocenters. The number of carbonyl (C=O) groups is 2. The lowest BCUT2D eigenvalue weighted by Crippen LogP contribution is -2.17. The summed E-state index contributed by atoms with van der Waals surface area (Å²) in [5, 5.41) is 5.60. The molecule has 0 aliphatic rings. The molecular weight excluding hydrogens is 483 g/mol. The van der Waals surface area contributed by atoms with E-state index in [4.69, 9.17) is 32.7 Å². The van der Waals surface area contributed by atoms with Crippen LogP contribution in [-0.4, -0.2) is 25.2 Å². The molecule has 1 amide bonds. The lowest BCUT2D eigenvalue weighted by atomic mass is 10.2. The Morgan fingerprint density at radius 2 is 1.67 bits per heavy atom. The first kappa shape index (κ1) is 22.8. The molecule has 0 bridgehead atoms. The maximum atomic E-state index is 12.6. The van der Waals surface area contributed by atoms with Gasteiger partial charge >= 0.3 is 5.97 Å². The Labute approximate surface area is 203 Å². The van der Waals surface area contributed by atoms with Crippen LogP contribution in [0, 0.1) is 0 Å². The molecule has 9 heteroatoms. The number of rotatable bonds is 6. The number of hydrogen-bond donors (Lipinski definition) is 1. The third-order valence-corrected chi connectivity index (χ3v) is 6.49. The molecule has 1 aromatic heterocycles. The summed E-state index contributed by atoms with van der Waals surface area (Å²) in [6, 6.07) is 18.6. The van der Waals surface area contributed by atoms with E-state index in [1.165, 1.54) is 17.6 Å². The summed E-state index contributed by atoms with van der Waals surface area (Å²) in [6.45, 7) is 0. The molecular formula is C24H16Cl2N2O4S. The second-order valence-electron chi connectivity index (χ2n) is 6.77. The predicted molar refractivity (Wildman–Crippen MR) is 131 cm³/mol. The van der Waals surface area contributed by atoms with Gasteiger partial charge in [-0.25, -0.2) is 10.2 Å². The largest absolute Gasteiger partial charge is 0.497 e. The molecule has 1 N–H and O–H groups in total. The number of carbonyl (C=O) groups excluding carboxylic acids is 2. The quantitative estimate of drug-likeness (QED) is 0.148. The molecule has 0 fully saturated rings. The molecule has 0 unspecified atom stereocenters. The molecule has 1 heterocycles. The van der Waals surface area contributed by atoms with Crippen molar-refractivity contribution in [2.75, 3.05) is 7.11 Å². The number of hydrogen-bond acceptors (Lipinski definition) is 6. The summed E-state index contributed by atoms with van der Waals surface area (Å²) < 4.78 is 11.5. The molecule has 33 heavy (non-hydrogen) atoms. The molecule has 166 valence electrons. The molecule has 0 saturated heterocycles. The number of methoxy groups -OCH3 is 1. The highest BCUT2D eigenvalue weighted by atomic mass is 35.5. The van der Waals surface area contributed by atoms with Crippen LogP contribution in [-0.2, 0) is 0 Å². The predicted octanol–water partition coefficient (Wildman–Crippen LogP) is 6.20. The summed E-state index contributed by atoms with van der Waals surface area (Å²) >= 11 is 13.4. The van der Waals surface area contributed by atoms with Gasteiger partial charge in [-0.05, 0) is 72.3 Å². The second-order valence-corrected chi connectivity index (χ2v) is 8.64. The number of ether oxygens (including phenoxy) is 2. The fraction of sp³-hybridized carbons (Fsp3) is 0.0417. The van der Waals surface area contributed by atoms with Crippen molar-refractivity contribution in [1.82, 2.24) is 5.43 Å². The van der Waals surface area contributed by atoms with E-state index < -0.39 is 5.97 Å². The molecule has 6 nitrogen and oxygen atoms in total. The van der Waals surface area contributed by atoms with E-state index in [9.17, 15) is 9.59 Å². The van der Waals surface area contributed by atoms with Crippen LogP contribution in [0.1, 0.15) is 25.6 Å². The summed E-state index contributed by atoms with van der Waals surface area (Å²) in [5.74, 6) is 0.138. The van der Waals surface area contributed by atoms with Crippen LogP contribution in [0.25, 0.3) is 10.1 Å². The number of nitrogens with zero attached hydrogens (tertiary/aromatic N) is 1. The Morgan fingerprint density at radius 3 is 2.36 bits per heavy atom. The average Bonchev–Trinajstić information content (AvgIpc) is 3.16. The van der Waals surface area contributed by atoms with Gasteiger partial charge in [0.05, 0.1) is 18.3 Å². The zero-order valence-corrected chi connectivity index (χ0v) is 19.5. The first-order valence-corrected chi connectivity index (χ1v) is 11.2. The van der Waals surface area contributed by atoms with E-state index in [0.717, 1.165) is 10.1 Å². The van der Waals surface area contributed by atoms with E-state index in [1.54, 1.807) is 61.7 Å². The Balaban J connectivity index is 1.39. The lowest BCUT2D eigenvalue weighted by molar-refractivity contribution is 0.0739. The fourth-order valence-corrected chi connectivity index (χ4v) is 4.45. The molecule has 4 aromatic rings. The third kappa shape index (κ3) is 5.34. The monoisotopic (exact) mass is 498 g/mol. The molecule has 0 aliphatic heterocycles. The van der Waals surface area contributed by atoms with Crippen LogP contribution in [0.2, 0.25) is 10.0 Å². The van der Waals surface area contributed by atoms with Crippen molar-refractivity contribution in [3.63, 3.8) is 0 Å². The number of fused-ring (bicyclic) bond motifs is 1. The van der Waals surface area contributed by atoms with Crippen molar-refractivity contribution in [2.24, 2.45) is 5.10 Å². The zero-order chi connectivity index (χ0) is 23.4. The highest BCUT2D eigenvalue weighted by Crippen LogP contribution is 2.37. The minimum atomic E-state index is -0.545. The van der Waals surface area contributed by atoms with Gasteiger partial charge in [-0.15, -0.1) is 11.3 Å². The number of thiophene rings is 1.